The van der Waals surface area contributed by atoms with Crippen LogP contribution in [0.15, 0.2) is 30.6 Å². The van der Waals surface area contributed by atoms with E-state index >= 15 is 0 Å². The zero-order valence-corrected chi connectivity index (χ0v) is 14.6. The monoisotopic (exact) mass is 346 g/mol. The third-order valence-corrected chi connectivity index (χ3v) is 4.39. The predicted molar refractivity (Wildman–Crippen MR) is 93.0 cm³/mol. The number of aromatic nitrogens is 2. The van der Waals surface area contributed by atoms with Crippen molar-refractivity contribution >= 4 is 11.4 Å². The van der Waals surface area contributed by atoms with Gasteiger partial charge in [-0.3, -0.25) is 14.8 Å². The number of aryl methyl sites for hydroxylation is 1. The molecule has 0 radical (unpaired) electrons. The van der Waals surface area contributed by atoms with Crippen LogP contribution in [0.4, 0.5) is 11.4 Å². The SMILES string of the molecule is CCOc1cccc(N2CCO[C@@](C)(c3cnn(C)c3)C2)c1[N+](=O)[O-]. The summed E-state index contributed by atoms with van der Waals surface area (Å²) in [5, 5.41) is 15.9. The Morgan fingerprint density at radius 2 is 2.28 bits per heavy atom. The van der Waals surface area contributed by atoms with E-state index in [1.54, 1.807) is 29.1 Å². The van der Waals surface area contributed by atoms with Crippen LogP contribution in [-0.4, -0.2) is 41.0 Å². The Kier molecular flexibility index (Phi) is 4.63. The fourth-order valence-electron chi connectivity index (χ4n) is 3.17. The lowest BCUT2D eigenvalue weighted by Crippen LogP contribution is -2.48. The second-order valence-corrected chi connectivity index (χ2v) is 6.22. The van der Waals surface area contributed by atoms with E-state index < -0.39 is 5.60 Å². The van der Waals surface area contributed by atoms with Gasteiger partial charge in [-0.05, 0) is 26.0 Å². The normalized spacial score (nSPS) is 20.5. The molecule has 0 amide bonds. The van der Waals surface area contributed by atoms with E-state index in [0.717, 1.165) is 5.56 Å². The molecule has 25 heavy (non-hydrogen) atoms. The van der Waals surface area contributed by atoms with Crippen molar-refractivity contribution in [3.63, 3.8) is 0 Å². The van der Waals surface area contributed by atoms with Gasteiger partial charge in [-0.2, -0.15) is 5.10 Å². The van der Waals surface area contributed by atoms with Crippen LogP contribution in [0.25, 0.3) is 0 Å². The molecular weight excluding hydrogens is 324 g/mol. The number of nitrogens with zero attached hydrogens (tertiary/aromatic N) is 4. The number of rotatable bonds is 5. The first-order chi connectivity index (χ1) is 11.9. The van der Waals surface area contributed by atoms with Crippen LogP contribution < -0.4 is 9.64 Å². The molecule has 1 aliphatic heterocycles. The zero-order chi connectivity index (χ0) is 18.0. The molecule has 1 atom stereocenters. The Balaban J connectivity index is 1.96. The summed E-state index contributed by atoms with van der Waals surface area (Å²) in [6.07, 6.45) is 3.68. The van der Waals surface area contributed by atoms with Gasteiger partial charge in [-0.25, -0.2) is 0 Å². The van der Waals surface area contributed by atoms with E-state index in [2.05, 4.69) is 5.10 Å². The van der Waals surface area contributed by atoms with Gasteiger partial charge in [0, 0.05) is 25.4 Å². The van der Waals surface area contributed by atoms with Crippen LogP contribution in [0, 0.1) is 10.1 Å². The molecule has 0 bridgehead atoms. The minimum Gasteiger partial charge on any atom is -0.487 e. The molecule has 1 aliphatic rings. The molecule has 0 unspecified atom stereocenters. The first-order valence-corrected chi connectivity index (χ1v) is 8.23. The highest BCUT2D eigenvalue weighted by Crippen LogP contribution is 2.40. The molecule has 1 saturated heterocycles. The molecule has 0 saturated carbocycles. The summed E-state index contributed by atoms with van der Waals surface area (Å²) in [5.74, 6) is 0.291. The standard InChI is InChI=1S/C17H22N4O4/c1-4-24-15-7-5-6-14(16(15)21(22)23)20-8-9-25-17(2,12-20)13-10-18-19(3)11-13/h5-7,10-11H,4,8-9,12H2,1-3H3/t17-/m1/s1. The molecule has 2 aromatic rings. The summed E-state index contributed by atoms with van der Waals surface area (Å²) in [6, 6.07) is 5.17. The second kappa shape index (κ2) is 6.72. The summed E-state index contributed by atoms with van der Waals surface area (Å²) < 4.78 is 13.2. The number of ether oxygens (including phenoxy) is 2. The van der Waals surface area contributed by atoms with Crippen molar-refractivity contribution in [3.05, 3.63) is 46.3 Å². The van der Waals surface area contributed by atoms with E-state index in [-0.39, 0.29) is 10.6 Å². The zero-order valence-electron chi connectivity index (χ0n) is 14.6. The molecule has 0 aliphatic carbocycles. The highest BCUT2D eigenvalue weighted by molar-refractivity contribution is 5.70. The molecule has 134 valence electrons. The number of para-hydroxylation sites is 1. The minimum atomic E-state index is -0.581. The van der Waals surface area contributed by atoms with E-state index in [9.17, 15) is 10.1 Å². The summed E-state index contributed by atoms with van der Waals surface area (Å²) in [4.78, 5) is 13.3. The molecule has 0 spiro atoms. The van der Waals surface area contributed by atoms with Crippen molar-refractivity contribution in [2.45, 2.75) is 19.4 Å². The van der Waals surface area contributed by atoms with E-state index in [1.165, 1.54) is 0 Å². The number of morpholine rings is 1. The average molecular weight is 346 g/mol. The van der Waals surface area contributed by atoms with Crippen molar-refractivity contribution in [2.75, 3.05) is 31.2 Å². The van der Waals surface area contributed by atoms with Gasteiger partial charge in [0.2, 0.25) is 0 Å². The Labute approximate surface area is 146 Å². The van der Waals surface area contributed by atoms with Crippen molar-refractivity contribution in [3.8, 4) is 5.75 Å². The largest absolute Gasteiger partial charge is 0.487 e. The molecule has 0 N–H and O–H groups in total. The van der Waals surface area contributed by atoms with E-state index in [1.807, 2.05) is 32.0 Å². The number of hydrogen-bond acceptors (Lipinski definition) is 6. The third-order valence-electron chi connectivity index (χ3n) is 4.39. The van der Waals surface area contributed by atoms with E-state index in [0.29, 0.717) is 37.7 Å². The van der Waals surface area contributed by atoms with Crippen LogP contribution in [-0.2, 0) is 17.4 Å². The Morgan fingerprint density at radius 1 is 1.48 bits per heavy atom. The van der Waals surface area contributed by atoms with Crippen LogP contribution in [0.5, 0.6) is 5.75 Å². The van der Waals surface area contributed by atoms with Crippen LogP contribution in [0.3, 0.4) is 0 Å². The Morgan fingerprint density at radius 3 is 2.92 bits per heavy atom. The maximum Gasteiger partial charge on any atom is 0.333 e. The molecule has 1 aromatic heterocycles. The average Bonchev–Trinajstić information content (AvgIpc) is 3.02. The molecule has 1 fully saturated rings. The van der Waals surface area contributed by atoms with Gasteiger partial charge >= 0.3 is 5.69 Å². The second-order valence-electron chi connectivity index (χ2n) is 6.22. The number of nitro groups is 1. The molecule has 8 heteroatoms. The van der Waals surface area contributed by atoms with Gasteiger partial charge in [0.15, 0.2) is 5.75 Å². The highest BCUT2D eigenvalue weighted by atomic mass is 16.6. The lowest BCUT2D eigenvalue weighted by Gasteiger charge is -2.41. The highest BCUT2D eigenvalue weighted by Gasteiger charge is 2.37. The molecule has 2 heterocycles. The van der Waals surface area contributed by atoms with Crippen LogP contribution in [0.2, 0.25) is 0 Å². The summed E-state index contributed by atoms with van der Waals surface area (Å²) in [7, 11) is 1.85. The third kappa shape index (κ3) is 3.30. The number of anilines is 1. The van der Waals surface area contributed by atoms with Gasteiger partial charge in [0.25, 0.3) is 0 Å². The first-order valence-electron chi connectivity index (χ1n) is 8.23. The van der Waals surface area contributed by atoms with Crippen molar-refractivity contribution in [1.29, 1.82) is 0 Å². The summed E-state index contributed by atoms with van der Waals surface area (Å²) in [5.41, 5.74) is 0.916. The lowest BCUT2D eigenvalue weighted by atomic mass is 9.96. The smallest absolute Gasteiger partial charge is 0.333 e. The van der Waals surface area contributed by atoms with Gasteiger partial charge in [0.1, 0.15) is 11.3 Å². The molecular formula is C17H22N4O4. The van der Waals surface area contributed by atoms with Crippen LogP contribution in [0.1, 0.15) is 19.4 Å². The van der Waals surface area contributed by atoms with Crippen molar-refractivity contribution in [2.24, 2.45) is 7.05 Å². The minimum absolute atomic E-state index is 0.000198. The van der Waals surface area contributed by atoms with Crippen molar-refractivity contribution in [1.82, 2.24) is 9.78 Å². The number of benzene rings is 1. The number of nitro benzene ring substituents is 1. The molecule has 3 rings (SSSR count). The quantitative estimate of drug-likeness (QED) is 0.611. The van der Waals surface area contributed by atoms with Gasteiger partial charge < -0.3 is 14.4 Å². The fraction of sp³-hybridized carbons (Fsp3) is 0.471. The summed E-state index contributed by atoms with van der Waals surface area (Å²) in [6.45, 7) is 5.71. The van der Waals surface area contributed by atoms with E-state index in [4.69, 9.17) is 9.47 Å². The maximum absolute atomic E-state index is 11.6. The van der Waals surface area contributed by atoms with Gasteiger partial charge in [-0.1, -0.05) is 6.07 Å². The lowest BCUT2D eigenvalue weighted by molar-refractivity contribution is -0.385. The van der Waals surface area contributed by atoms with Gasteiger partial charge in [0.05, 0.1) is 30.9 Å². The maximum atomic E-state index is 11.6. The van der Waals surface area contributed by atoms with Crippen LogP contribution >= 0.6 is 0 Å². The molecule has 1 aromatic carbocycles. The predicted octanol–water partition coefficient (Wildman–Crippen LogP) is 2.48. The summed E-state index contributed by atoms with van der Waals surface area (Å²) >= 11 is 0. The topological polar surface area (TPSA) is 82.7 Å². The van der Waals surface area contributed by atoms with Crippen molar-refractivity contribution < 1.29 is 14.4 Å². The number of hydrogen-bond donors (Lipinski definition) is 0. The first kappa shape index (κ1) is 17.2. The fourth-order valence-corrected chi connectivity index (χ4v) is 3.17. The molecule has 8 nitrogen and oxygen atoms in total. The Hall–Kier alpha value is -2.61. The Bertz CT molecular complexity index is 776. The van der Waals surface area contributed by atoms with Gasteiger partial charge in [-0.15, -0.1) is 0 Å².